The highest BCUT2D eigenvalue weighted by Crippen LogP contribution is 2.33. The summed E-state index contributed by atoms with van der Waals surface area (Å²) >= 11 is 6.29. The van der Waals surface area contributed by atoms with Crippen molar-refractivity contribution in [1.82, 2.24) is 5.32 Å². The van der Waals surface area contributed by atoms with E-state index >= 15 is 0 Å². The van der Waals surface area contributed by atoms with E-state index in [0.29, 0.717) is 35.4 Å². The van der Waals surface area contributed by atoms with Crippen molar-refractivity contribution in [3.63, 3.8) is 0 Å². The maximum atomic E-state index is 13.6. The Morgan fingerprint density at radius 1 is 1.00 bits per heavy atom. The minimum atomic E-state index is -4.03. The third-order valence-corrected chi connectivity index (χ3v) is 7.98. The van der Waals surface area contributed by atoms with Gasteiger partial charge in [-0.25, -0.2) is 8.42 Å². The van der Waals surface area contributed by atoms with Gasteiger partial charge in [0, 0.05) is 5.02 Å². The number of fused-ring (bicyclic) bond motifs is 1. The molecule has 0 fully saturated rings. The van der Waals surface area contributed by atoms with E-state index in [4.69, 9.17) is 21.1 Å². The molecule has 1 N–H and O–H groups in total. The van der Waals surface area contributed by atoms with E-state index in [1.54, 1.807) is 36.4 Å². The van der Waals surface area contributed by atoms with Gasteiger partial charge < -0.3 is 14.8 Å². The van der Waals surface area contributed by atoms with Crippen LogP contribution in [-0.4, -0.2) is 34.1 Å². The maximum Gasteiger partial charge on any atom is 0.264 e. The van der Waals surface area contributed by atoms with Gasteiger partial charge in [0.25, 0.3) is 10.0 Å². The lowest BCUT2D eigenvalue weighted by Crippen LogP contribution is -2.41. The molecule has 1 aliphatic heterocycles. The summed E-state index contributed by atoms with van der Waals surface area (Å²) in [6, 6.07) is 16.5. The summed E-state index contributed by atoms with van der Waals surface area (Å²) in [6.45, 7) is 6.07. The summed E-state index contributed by atoms with van der Waals surface area (Å²) in [5.41, 5.74) is 2.86. The van der Waals surface area contributed by atoms with E-state index in [2.05, 4.69) is 5.32 Å². The molecule has 0 aliphatic carbocycles. The summed E-state index contributed by atoms with van der Waals surface area (Å²) in [5.74, 6) is 0.817. The molecule has 1 unspecified atom stereocenters. The zero-order valence-corrected chi connectivity index (χ0v) is 21.3. The molecule has 0 spiro atoms. The number of benzene rings is 3. The van der Waals surface area contributed by atoms with Crippen LogP contribution in [0.1, 0.15) is 29.7 Å². The lowest BCUT2D eigenvalue weighted by atomic mass is 10.1. The van der Waals surface area contributed by atoms with Crippen LogP contribution in [0, 0.1) is 13.8 Å². The Balaban J connectivity index is 1.59. The minimum Gasteiger partial charge on any atom is -0.486 e. The van der Waals surface area contributed by atoms with Crippen molar-refractivity contribution >= 4 is 33.2 Å². The van der Waals surface area contributed by atoms with E-state index < -0.39 is 22.5 Å². The molecule has 0 radical (unpaired) electrons. The average molecular weight is 515 g/mol. The number of nitrogens with zero attached hydrogens (tertiary/aromatic N) is 1. The molecule has 4 rings (SSSR count). The monoisotopic (exact) mass is 514 g/mol. The summed E-state index contributed by atoms with van der Waals surface area (Å²) in [7, 11) is -4.03. The average Bonchev–Trinajstić information content (AvgIpc) is 2.84. The number of rotatable bonds is 7. The number of ether oxygens (including phenoxy) is 2. The standard InChI is InChI=1S/C26H27ClN2O5S/c1-17-4-9-22(10-5-17)35(31,32)29(21-8-6-18(2)23(27)15-21)16-26(30)28-19(3)20-7-11-24-25(14-20)34-13-12-33-24/h4-11,14-15,19H,12-13,16H2,1-3H3,(H,28,30). The molecule has 9 heteroatoms. The number of halogens is 1. The van der Waals surface area contributed by atoms with Gasteiger partial charge in [0.15, 0.2) is 11.5 Å². The largest absolute Gasteiger partial charge is 0.486 e. The van der Waals surface area contributed by atoms with Crippen LogP contribution in [-0.2, 0) is 14.8 Å². The van der Waals surface area contributed by atoms with Crippen LogP contribution in [0.2, 0.25) is 5.02 Å². The van der Waals surface area contributed by atoms with E-state index in [0.717, 1.165) is 21.0 Å². The molecule has 1 aliphatic rings. The van der Waals surface area contributed by atoms with Crippen LogP contribution < -0.4 is 19.1 Å². The molecule has 0 saturated carbocycles. The van der Waals surface area contributed by atoms with Gasteiger partial charge in [-0.2, -0.15) is 0 Å². The molecular formula is C26H27ClN2O5S. The molecular weight excluding hydrogens is 488 g/mol. The van der Waals surface area contributed by atoms with Gasteiger partial charge in [0.05, 0.1) is 16.6 Å². The van der Waals surface area contributed by atoms with Crippen LogP contribution in [0.5, 0.6) is 11.5 Å². The maximum absolute atomic E-state index is 13.6. The zero-order chi connectivity index (χ0) is 25.2. The van der Waals surface area contributed by atoms with E-state index in [1.165, 1.54) is 12.1 Å². The van der Waals surface area contributed by atoms with Crippen molar-refractivity contribution < 1.29 is 22.7 Å². The lowest BCUT2D eigenvalue weighted by molar-refractivity contribution is -0.120. The van der Waals surface area contributed by atoms with Crippen LogP contribution in [0.25, 0.3) is 0 Å². The highest BCUT2D eigenvalue weighted by atomic mass is 35.5. The van der Waals surface area contributed by atoms with Gasteiger partial charge in [-0.3, -0.25) is 9.10 Å². The molecule has 1 atom stereocenters. The lowest BCUT2D eigenvalue weighted by Gasteiger charge is -2.26. The van der Waals surface area contributed by atoms with Crippen LogP contribution in [0.15, 0.2) is 65.6 Å². The molecule has 7 nitrogen and oxygen atoms in total. The zero-order valence-electron chi connectivity index (χ0n) is 19.7. The Labute approximate surface area is 210 Å². The van der Waals surface area contributed by atoms with Crippen LogP contribution >= 0.6 is 11.6 Å². The molecule has 184 valence electrons. The molecule has 0 aromatic heterocycles. The van der Waals surface area contributed by atoms with E-state index in [1.807, 2.05) is 32.9 Å². The van der Waals surface area contributed by atoms with E-state index in [-0.39, 0.29) is 10.9 Å². The molecule has 0 bridgehead atoms. The predicted molar refractivity (Wildman–Crippen MR) is 136 cm³/mol. The first-order valence-electron chi connectivity index (χ1n) is 11.2. The SMILES string of the molecule is Cc1ccc(S(=O)(=O)N(CC(=O)NC(C)c2ccc3c(c2)OCCO3)c2ccc(C)c(Cl)c2)cc1. The normalized spacial score (nSPS) is 13.7. The second-order valence-corrected chi connectivity index (χ2v) is 10.7. The third kappa shape index (κ3) is 5.55. The summed E-state index contributed by atoms with van der Waals surface area (Å²) in [5, 5.41) is 3.30. The smallest absolute Gasteiger partial charge is 0.264 e. The molecule has 3 aromatic carbocycles. The van der Waals surface area contributed by atoms with Gasteiger partial charge in [0.2, 0.25) is 5.91 Å². The van der Waals surface area contributed by atoms with Gasteiger partial charge in [-0.1, -0.05) is 41.4 Å². The topological polar surface area (TPSA) is 84.9 Å². The fourth-order valence-electron chi connectivity index (χ4n) is 3.72. The van der Waals surface area contributed by atoms with Gasteiger partial charge in [-0.05, 0) is 68.3 Å². The minimum absolute atomic E-state index is 0.0903. The number of hydrogen-bond donors (Lipinski definition) is 1. The van der Waals surface area contributed by atoms with Gasteiger partial charge in [0.1, 0.15) is 19.8 Å². The highest BCUT2D eigenvalue weighted by molar-refractivity contribution is 7.92. The molecule has 1 heterocycles. The summed E-state index contributed by atoms with van der Waals surface area (Å²) < 4.78 is 39.4. The first kappa shape index (κ1) is 24.9. The number of aryl methyl sites for hydroxylation is 2. The van der Waals surface area contributed by atoms with Crippen molar-refractivity contribution in [3.05, 3.63) is 82.4 Å². The number of anilines is 1. The fraction of sp³-hybridized carbons (Fsp3) is 0.269. The molecule has 3 aromatic rings. The van der Waals surface area contributed by atoms with Crippen molar-refractivity contribution in [1.29, 1.82) is 0 Å². The number of hydrogen-bond acceptors (Lipinski definition) is 5. The Morgan fingerprint density at radius 3 is 2.37 bits per heavy atom. The summed E-state index contributed by atoms with van der Waals surface area (Å²) in [4.78, 5) is 13.2. The highest BCUT2D eigenvalue weighted by Gasteiger charge is 2.28. The predicted octanol–water partition coefficient (Wildman–Crippen LogP) is 4.80. The molecule has 35 heavy (non-hydrogen) atoms. The quantitative estimate of drug-likeness (QED) is 0.489. The second kappa shape index (κ2) is 10.2. The number of carbonyl (C=O) groups excluding carboxylic acids is 1. The number of nitrogens with one attached hydrogen (secondary N) is 1. The van der Waals surface area contributed by atoms with Crippen molar-refractivity contribution in [2.75, 3.05) is 24.1 Å². The Hall–Kier alpha value is -3.23. The third-order valence-electron chi connectivity index (χ3n) is 5.78. The van der Waals surface area contributed by atoms with Crippen molar-refractivity contribution in [2.24, 2.45) is 0 Å². The Morgan fingerprint density at radius 2 is 1.69 bits per heavy atom. The number of sulfonamides is 1. The first-order valence-corrected chi connectivity index (χ1v) is 13.0. The number of amides is 1. The fourth-order valence-corrected chi connectivity index (χ4v) is 5.31. The summed E-state index contributed by atoms with van der Waals surface area (Å²) in [6.07, 6.45) is 0. The van der Waals surface area contributed by atoms with Crippen LogP contribution in [0.3, 0.4) is 0 Å². The first-order chi connectivity index (χ1) is 16.6. The Bertz CT molecular complexity index is 1340. The van der Waals surface area contributed by atoms with Gasteiger partial charge in [-0.15, -0.1) is 0 Å². The Kier molecular flexibility index (Phi) is 7.23. The van der Waals surface area contributed by atoms with Gasteiger partial charge >= 0.3 is 0 Å². The van der Waals surface area contributed by atoms with Crippen LogP contribution in [0.4, 0.5) is 5.69 Å². The molecule has 0 saturated heterocycles. The molecule has 1 amide bonds. The van der Waals surface area contributed by atoms with E-state index in [9.17, 15) is 13.2 Å². The van der Waals surface area contributed by atoms with Crippen molar-refractivity contribution in [3.8, 4) is 11.5 Å². The van der Waals surface area contributed by atoms with Crippen molar-refractivity contribution in [2.45, 2.75) is 31.7 Å². The number of carbonyl (C=O) groups is 1. The second-order valence-electron chi connectivity index (χ2n) is 8.45.